The van der Waals surface area contributed by atoms with Crippen molar-refractivity contribution in [2.24, 2.45) is 0 Å². The molecule has 0 spiro atoms. The SMILES string of the molecule is [CH-]1CCCC1.[CH-]1CCCC1.[Cl][Pt+2][Cl]. The first-order chi connectivity index (χ1) is 6.41. The van der Waals surface area contributed by atoms with E-state index >= 15 is 0 Å². The van der Waals surface area contributed by atoms with Crippen molar-refractivity contribution in [1.29, 1.82) is 0 Å². The molecule has 13 heavy (non-hydrogen) atoms. The third-order valence-electron chi connectivity index (χ3n) is 2.13. The third kappa shape index (κ3) is 13.3. The molecule has 0 aromatic carbocycles. The van der Waals surface area contributed by atoms with Gasteiger partial charge in [0.1, 0.15) is 0 Å². The van der Waals surface area contributed by atoms with Crippen LogP contribution in [0.1, 0.15) is 51.4 Å². The molecule has 0 amide bonds. The van der Waals surface area contributed by atoms with Crippen LogP contribution >= 0.6 is 18.8 Å². The molecule has 2 fully saturated rings. The van der Waals surface area contributed by atoms with Crippen molar-refractivity contribution in [3.05, 3.63) is 12.8 Å². The van der Waals surface area contributed by atoms with E-state index in [1.165, 1.54) is 51.4 Å². The van der Waals surface area contributed by atoms with E-state index in [-0.39, 0.29) is 0 Å². The Balaban J connectivity index is 0.000000174. The van der Waals surface area contributed by atoms with Crippen molar-refractivity contribution in [1.82, 2.24) is 0 Å². The molecule has 0 bridgehead atoms. The van der Waals surface area contributed by atoms with E-state index in [2.05, 4.69) is 12.8 Å². The van der Waals surface area contributed by atoms with Crippen LogP contribution in [0.2, 0.25) is 0 Å². The van der Waals surface area contributed by atoms with Gasteiger partial charge in [-0.05, 0) is 0 Å². The van der Waals surface area contributed by atoms with Crippen LogP contribution < -0.4 is 0 Å². The first kappa shape index (κ1) is 14.3. The summed E-state index contributed by atoms with van der Waals surface area (Å²) in [6.45, 7) is 0. The maximum absolute atomic E-state index is 4.88. The van der Waals surface area contributed by atoms with Crippen molar-refractivity contribution >= 4 is 18.8 Å². The van der Waals surface area contributed by atoms with E-state index in [0.29, 0.717) is 0 Å². The van der Waals surface area contributed by atoms with Crippen molar-refractivity contribution in [3.8, 4) is 0 Å². The monoisotopic (exact) mass is 403 g/mol. The summed E-state index contributed by atoms with van der Waals surface area (Å²) in [6.07, 6.45) is 16.0. The molecule has 82 valence electrons. The van der Waals surface area contributed by atoms with Gasteiger partial charge >= 0.3 is 35.3 Å². The third-order valence-corrected chi connectivity index (χ3v) is 2.13. The first-order valence-corrected chi connectivity index (χ1v) is 10.5. The minimum absolute atomic E-state index is 0.472. The van der Waals surface area contributed by atoms with Gasteiger partial charge in [0.25, 0.3) is 0 Å². The van der Waals surface area contributed by atoms with E-state index in [1.54, 1.807) is 0 Å². The zero-order valence-corrected chi connectivity index (χ0v) is 11.7. The molecular weight excluding hydrogens is 386 g/mol. The van der Waals surface area contributed by atoms with Crippen molar-refractivity contribution in [2.45, 2.75) is 51.4 Å². The fourth-order valence-corrected chi connectivity index (χ4v) is 1.44. The average Bonchev–Trinajstić information content (AvgIpc) is 2.85. The summed E-state index contributed by atoms with van der Waals surface area (Å²) in [6, 6.07) is 0. The summed E-state index contributed by atoms with van der Waals surface area (Å²) >= 11 is -0.472. The van der Waals surface area contributed by atoms with Crippen LogP contribution in [0.15, 0.2) is 0 Å². The summed E-state index contributed by atoms with van der Waals surface area (Å²) < 4.78 is 0. The molecule has 2 aliphatic rings. The normalized spacial score (nSPS) is 20.2. The summed E-state index contributed by atoms with van der Waals surface area (Å²) in [5.74, 6) is 0. The van der Waals surface area contributed by atoms with Crippen LogP contribution in [0.25, 0.3) is 0 Å². The maximum atomic E-state index is 4.88. The van der Waals surface area contributed by atoms with E-state index in [4.69, 9.17) is 18.8 Å². The minimum atomic E-state index is -0.472. The zero-order chi connectivity index (χ0) is 9.78. The number of rotatable bonds is 0. The molecule has 0 saturated heterocycles. The van der Waals surface area contributed by atoms with Crippen LogP contribution in [-0.2, 0) is 16.5 Å². The molecule has 0 unspecified atom stereocenters. The molecule has 0 radical (unpaired) electrons. The Hall–Kier alpha value is 1.27. The van der Waals surface area contributed by atoms with Gasteiger partial charge in [0, 0.05) is 0 Å². The predicted octanol–water partition coefficient (Wildman–Crippen LogP) is 4.91. The van der Waals surface area contributed by atoms with E-state index in [1.807, 2.05) is 0 Å². The number of hydrogen-bond donors (Lipinski definition) is 0. The van der Waals surface area contributed by atoms with Gasteiger partial charge in [0.2, 0.25) is 0 Å². The molecule has 3 heteroatoms. The Bertz CT molecular complexity index is 55.8. The molecule has 2 aliphatic carbocycles. The molecule has 0 aromatic heterocycles. The van der Waals surface area contributed by atoms with Gasteiger partial charge in [-0.15, -0.1) is 0 Å². The van der Waals surface area contributed by atoms with Gasteiger partial charge in [-0.1, -0.05) is 25.7 Å². The van der Waals surface area contributed by atoms with Gasteiger partial charge in [0.15, 0.2) is 0 Å². The Morgan fingerprint density at radius 3 is 1.00 bits per heavy atom. The van der Waals surface area contributed by atoms with Crippen molar-refractivity contribution < 1.29 is 16.5 Å². The quantitative estimate of drug-likeness (QED) is 0.504. The molecule has 2 rings (SSSR count). The summed E-state index contributed by atoms with van der Waals surface area (Å²) in [4.78, 5) is 0. The topological polar surface area (TPSA) is 0 Å². The molecule has 0 nitrogen and oxygen atoms in total. The van der Waals surface area contributed by atoms with Crippen LogP contribution in [0.4, 0.5) is 0 Å². The van der Waals surface area contributed by atoms with Crippen LogP contribution in [0.5, 0.6) is 0 Å². The fraction of sp³-hybridized carbons (Fsp3) is 0.800. The van der Waals surface area contributed by atoms with E-state index in [0.717, 1.165) is 0 Å². The second-order valence-corrected chi connectivity index (χ2v) is 6.47. The Morgan fingerprint density at radius 2 is 0.923 bits per heavy atom. The second kappa shape index (κ2) is 13.3. The first-order valence-electron chi connectivity index (χ1n) is 4.87. The van der Waals surface area contributed by atoms with Gasteiger partial charge in [-0.3, -0.25) is 0 Å². The van der Waals surface area contributed by atoms with E-state index < -0.39 is 16.5 Å². The van der Waals surface area contributed by atoms with Crippen LogP contribution in [0, 0.1) is 12.8 Å². The molecule has 0 N–H and O–H groups in total. The predicted molar refractivity (Wildman–Crippen MR) is 57.2 cm³/mol. The zero-order valence-electron chi connectivity index (χ0n) is 7.88. The fourth-order valence-electron chi connectivity index (χ4n) is 1.44. The number of hydrogen-bond acceptors (Lipinski definition) is 0. The Morgan fingerprint density at radius 1 is 0.692 bits per heavy atom. The average molecular weight is 404 g/mol. The molecular formula is C10H18Cl2Pt. The molecule has 2 saturated carbocycles. The molecule has 0 aromatic rings. The van der Waals surface area contributed by atoms with Gasteiger partial charge < -0.3 is 12.8 Å². The van der Waals surface area contributed by atoms with Gasteiger partial charge in [0.05, 0.1) is 0 Å². The van der Waals surface area contributed by atoms with E-state index in [9.17, 15) is 0 Å². The second-order valence-electron chi connectivity index (χ2n) is 3.19. The summed E-state index contributed by atoms with van der Waals surface area (Å²) in [5, 5.41) is 0. The van der Waals surface area contributed by atoms with Gasteiger partial charge in [-0.25, -0.2) is 0 Å². The van der Waals surface area contributed by atoms with Gasteiger partial charge in [-0.2, -0.15) is 25.7 Å². The Kier molecular flexibility index (Phi) is 14.6. The summed E-state index contributed by atoms with van der Waals surface area (Å²) in [7, 11) is 9.75. The van der Waals surface area contributed by atoms with Crippen LogP contribution in [0.3, 0.4) is 0 Å². The number of halogens is 2. The summed E-state index contributed by atoms with van der Waals surface area (Å²) in [5.41, 5.74) is 0. The Labute approximate surface area is 99.1 Å². The standard InChI is InChI=1S/2C5H9.2ClH.Pt/c2*1-2-4-5-3-1;;;/h2*1H,2-5H2;2*1H;/q2*-1;;;+4/p-2. The molecule has 0 heterocycles. The molecule has 0 aliphatic heterocycles. The van der Waals surface area contributed by atoms with Crippen molar-refractivity contribution in [3.63, 3.8) is 0 Å². The molecule has 0 atom stereocenters. The van der Waals surface area contributed by atoms with Crippen molar-refractivity contribution in [2.75, 3.05) is 0 Å². The van der Waals surface area contributed by atoms with Crippen LogP contribution in [-0.4, -0.2) is 0 Å².